The number of nitrogens with zero attached hydrogens (tertiary/aromatic N) is 2. The minimum absolute atomic E-state index is 0. The highest BCUT2D eigenvalue weighted by molar-refractivity contribution is 14.0. The summed E-state index contributed by atoms with van der Waals surface area (Å²) in [6.45, 7) is 10.4. The maximum Gasteiger partial charge on any atom is 0.191 e. The summed E-state index contributed by atoms with van der Waals surface area (Å²) >= 11 is 0. The van der Waals surface area contributed by atoms with Crippen LogP contribution in [0.4, 0.5) is 0 Å². The van der Waals surface area contributed by atoms with Crippen molar-refractivity contribution in [2.75, 3.05) is 47.1 Å². The summed E-state index contributed by atoms with van der Waals surface area (Å²) in [6.07, 6.45) is 3.23. The molecule has 2 N–H and O–H groups in total. The average Bonchev–Trinajstić information content (AvgIpc) is 2.74. The van der Waals surface area contributed by atoms with Gasteiger partial charge in [0, 0.05) is 59.2 Å². The fourth-order valence-electron chi connectivity index (χ4n) is 3.28. The third kappa shape index (κ3) is 10.4. The molecule has 1 aliphatic rings. The molecular formula is C23H41IN4O2. The van der Waals surface area contributed by atoms with Crippen LogP contribution in [0.25, 0.3) is 0 Å². The van der Waals surface area contributed by atoms with Gasteiger partial charge >= 0.3 is 0 Å². The number of rotatable bonds is 11. The van der Waals surface area contributed by atoms with Crippen LogP contribution in [-0.4, -0.2) is 64.0 Å². The van der Waals surface area contributed by atoms with Gasteiger partial charge in [-0.3, -0.25) is 9.89 Å². The molecule has 0 unspecified atom stereocenters. The third-order valence-corrected chi connectivity index (χ3v) is 5.54. The molecule has 0 atom stereocenters. The van der Waals surface area contributed by atoms with Gasteiger partial charge in [0.1, 0.15) is 0 Å². The van der Waals surface area contributed by atoms with E-state index in [2.05, 4.69) is 65.7 Å². The molecule has 1 fully saturated rings. The first kappa shape index (κ1) is 27.1. The van der Waals surface area contributed by atoms with Crippen molar-refractivity contribution in [2.45, 2.75) is 52.2 Å². The molecule has 1 heterocycles. The summed E-state index contributed by atoms with van der Waals surface area (Å²) in [7, 11) is 3.98. The number of nitrogens with one attached hydrogen (secondary N) is 2. The number of benzene rings is 1. The zero-order valence-electron chi connectivity index (χ0n) is 19.2. The first-order valence-electron chi connectivity index (χ1n) is 11.0. The summed E-state index contributed by atoms with van der Waals surface area (Å²) in [6, 6.07) is 9.14. The van der Waals surface area contributed by atoms with Gasteiger partial charge in [-0.1, -0.05) is 24.3 Å². The summed E-state index contributed by atoms with van der Waals surface area (Å²) in [5.74, 6) is 1.50. The van der Waals surface area contributed by atoms with E-state index in [1.807, 2.05) is 7.05 Å². The van der Waals surface area contributed by atoms with Crippen LogP contribution < -0.4 is 10.6 Å². The Kier molecular flexibility index (Phi) is 14.3. The largest absolute Gasteiger partial charge is 0.381 e. The Hall–Kier alpha value is -0.900. The van der Waals surface area contributed by atoms with Crippen LogP contribution in [0.15, 0.2) is 29.3 Å². The van der Waals surface area contributed by atoms with Crippen molar-refractivity contribution in [2.24, 2.45) is 10.9 Å². The molecule has 0 spiro atoms. The van der Waals surface area contributed by atoms with Gasteiger partial charge in [0.15, 0.2) is 5.96 Å². The molecule has 1 aliphatic heterocycles. The van der Waals surface area contributed by atoms with Crippen molar-refractivity contribution in [3.05, 3.63) is 35.4 Å². The Bertz CT molecular complexity index is 607. The lowest BCUT2D eigenvalue weighted by Crippen LogP contribution is -2.38. The molecule has 1 saturated heterocycles. The minimum atomic E-state index is 0. The number of guanidine groups is 1. The third-order valence-electron chi connectivity index (χ3n) is 5.54. The minimum Gasteiger partial charge on any atom is -0.381 e. The zero-order chi connectivity index (χ0) is 20.9. The van der Waals surface area contributed by atoms with Crippen LogP contribution in [0.5, 0.6) is 0 Å². The predicted octanol–water partition coefficient (Wildman–Crippen LogP) is 3.64. The van der Waals surface area contributed by atoms with Crippen molar-refractivity contribution in [1.82, 2.24) is 15.5 Å². The molecule has 1 aromatic carbocycles. The first-order chi connectivity index (χ1) is 14.1. The van der Waals surface area contributed by atoms with Gasteiger partial charge in [-0.25, -0.2) is 0 Å². The standard InChI is InChI=1S/C23H40N4O2.HI/c1-19(2)27(4)17-22-9-6-5-8-21(22)16-26-23(24-3)25-12-7-13-29-18-20-10-14-28-15-11-20;/h5-6,8-9,19-20H,7,10-18H2,1-4H3,(H2,24,25,26);1H. The molecular weight excluding hydrogens is 491 g/mol. The Morgan fingerprint density at radius 2 is 1.90 bits per heavy atom. The fourth-order valence-corrected chi connectivity index (χ4v) is 3.28. The molecule has 0 amide bonds. The van der Waals surface area contributed by atoms with E-state index in [1.165, 1.54) is 11.1 Å². The maximum atomic E-state index is 5.83. The van der Waals surface area contributed by atoms with E-state index in [0.29, 0.717) is 12.0 Å². The quantitative estimate of drug-likeness (QED) is 0.197. The predicted molar refractivity (Wildman–Crippen MR) is 136 cm³/mol. The van der Waals surface area contributed by atoms with Gasteiger partial charge in [-0.15, -0.1) is 24.0 Å². The van der Waals surface area contributed by atoms with E-state index >= 15 is 0 Å². The highest BCUT2D eigenvalue weighted by Gasteiger charge is 2.13. The Balaban J connectivity index is 0.00000450. The van der Waals surface area contributed by atoms with Gasteiger partial charge in [0.05, 0.1) is 0 Å². The molecule has 1 aromatic rings. The maximum absolute atomic E-state index is 5.83. The number of ether oxygens (including phenoxy) is 2. The number of hydrogen-bond acceptors (Lipinski definition) is 4. The molecule has 2 rings (SSSR count). The van der Waals surface area contributed by atoms with Crippen LogP contribution in [0.2, 0.25) is 0 Å². The topological polar surface area (TPSA) is 58.1 Å². The van der Waals surface area contributed by atoms with E-state index in [-0.39, 0.29) is 24.0 Å². The van der Waals surface area contributed by atoms with Gasteiger partial charge in [0.2, 0.25) is 0 Å². The molecule has 0 radical (unpaired) electrons. The lowest BCUT2D eigenvalue weighted by atomic mass is 10.0. The molecule has 6 nitrogen and oxygen atoms in total. The van der Waals surface area contributed by atoms with Gasteiger partial charge in [0.25, 0.3) is 0 Å². The summed E-state index contributed by atoms with van der Waals surface area (Å²) in [5.41, 5.74) is 2.66. The second kappa shape index (κ2) is 15.8. The molecule has 0 aromatic heterocycles. The SMILES string of the molecule is CN=C(NCCCOCC1CCOCC1)NCc1ccccc1CN(C)C(C)C.I. The molecule has 0 saturated carbocycles. The lowest BCUT2D eigenvalue weighted by Gasteiger charge is -2.23. The molecule has 7 heteroatoms. The van der Waals surface area contributed by atoms with Crippen molar-refractivity contribution >= 4 is 29.9 Å². The normalized spacial score (nSPS) is 15.3. The van der Waals surface area contributed by atoms with Gasteiger partial charge in [-0.2, -0.15) is 0 Å². The van der Waals surface area contributed by atoms with Gasteiger partial charge < -0.3 is 20.1 Å². The van der Waals surface area contributed by atoms with Crippen molar-refractivity contribution in [1.29, 1.82) is 0 Å². The Morgan fingerprint density at radius 3 is 2.57 bits per heavy atom. The zero-order valence-corrected chi connectivity index (χ0v) is 21.5. The Labute approximate surface area is 200 Å². The summed E-state index contributed by atoms with van der Waals surface area (Å²) < 4.78 is 11.2. The van der Waals surface area contributed by atoms with Crippen LogP contribution >= 0.6 is 24.0 Å². The fraction of sp³-hybridized carbons (Fsp3) is 0.696. The molecule has 0 aliphatic carbocycles. The lowest BCUT2D eigenvalue weighted by molar-refractivity contribution is 0.0203. The van der Waals surface area contributed by atoms with E-state index in [0.717, 1.165) is 71.3 Å². The van der Waals surface area contributed by atoms with Gasteiger partial charge in [-0.05, 0) is 57.2 Å². The second-order valence-electron chi connectivity index (χ2n) is 8.11. The monoisotopic (exact) mass is 532 g/mol. The van der Waals surface area contributed by atoms with Crippen LogP contribution in [-0.2, 0) is 22.6 Å². The van der Waals surface area contributed by atoms with Crippen LogP contribution in [0.3, 0.4) is 0 Å². The first-order valence-corrected chi connectivity index (χ1v) is 11.0. The average molecular weight is 533 g/mol. The second-order valence-corrected chi connectivity index (χ2v) is 8.11. The smallest absolute Gasteiger partial charge is 0.191 e. The molecule has 172 valence electrons. The van der Waals surface area contributed by atoms with Crippen LogP contribution in [0.1, 0.15) is 44.2 Å². The van der Waals surface area contributed by atoms with E-state index in [4.69, 9.17) is 9.47 Å². The van der Waals surface area contributed by atoms with E-state index in [9.17, 15) is 0 Å². The summed E-state index contributed by atoms with van der Waals surface area (Å²) in [4.78, 5) is 6.70. The number of aliphatic imine (C=N–C) groups is 1. The van der Waals surface area contributed by atoms with Crippen LogP contribution in [0, 0.1) is 5.92 Å². The van der Waals surface area contributed by atoms with E-state index < -0.39 is 0 Å². The highest BCUT2D eigenvalue weighted by Crippen LogP contribution is 2.15. The number of hydrogen-bond donors (Lipinski definition) is 2. The van der Waals surface area contributed by atoms with Crippen molar-refractivity contribution in [3.8, 4) is 0 Å². The Morgan fingerprint density at radius 1 is 1.20 bits per heavy atom. The van der Waals surface area contributed by atoms with E-state index in [1.54, 1.807) is 0 Å². The summed E-state index contributed by atoms with van der Waals surface area (Å²) in [5, 5.41) is 6.82. The van der Waals surface area contributed by atoms with Crippen molar-refractivity contribution in [3.63, 3.8) is 0 Å². The molecule has 0 bridgehead atoms. The molecule has 30 heavy (non-hydrogen) atoms. The van der Waals surface area contributed by atoms with Crippen molar-refractivity contribution < 1.29 is 9.47 Å². The highest BCUT2D eigenvalue weighted by atomic mass is 127. The number of halogens is 1.